The van der Waals surface area contributed by atoms with Crippen molar-refractivity contribution < 1.29 is 14.2 Å². The Kier molecular flexibility index (Phi) is 6.55. The number of aromatic nitrogens is 1. The van der Waals surface area contributed by atoms with Crippen molar-refractivity contribution >= 4 is 0 Å². The average Bonchev–Trinajstić information content (AvgIpc) is 2.38. The number of likely N-dealkylation sites (N-methyl/N-ethyl adjacent to an activating group) is 1. The van der Waals surface area contributed by atoms with Crippen LogP contribution in [0.5, 0.6) is 11.5 Å². The summed E-state index contributed by atoms with van der Waals surface area (Å²) in [6.45, 7) is 1.89. The van der Waals surface area contributed by atoms with Crippen LogP contribution in [0.15, 0.2) is 12.3 Å². The molecule has 1 atom stereocenters. The standard InChI is InChI=1S/C13H23N3O3/c1-16(7-10(14)9-17-2)8-11-13(19-4)12(18-3)5-6-15-11/h5-6,10H,7-9,14H2,1-4H3. The maximum atomic E-state index is 5.92. The minimum Gasteiger partial charge on any atom is -0.493 e. The van der Waals surface area contributed by atoms with Crippen LogP contribution in [-0.4, -0.2) is 57.5 Å². The number of rotatable bonds is 8. The molecule has 0 fully saturated rings. The van der Waals surface area contributed by atoms with E-state index in [1.165, 1.54) is 0 Å². The van der Waals surface area contributed by atoms with Crippen LogP contribution in [0.25, 0.3) is 0 Å². The van der Waals surface area contributed by atoms with E-state index in [1.807, 2.05) is 7.05 Å². The Balaban J connectivity index is 2.70. The van der Waals surface area contributed by atoms with Crippen molar-refractivity contribution in [3.05, 3.63) is 18.0 Å². The van der Waals surface area contributed by atoms with Gasteiger partial charge in [-0.05, 0) is 7.05 Å². The fourth-order valence-electron chi connectivity index (χ4n) is 1.95. The first-order chi connectivity index (χ1) is 9.12. The molecule has 108 valence electrons. The number of hydrogen-bond acceptors (Lipinski definition) is 6. The first-order valence-corrected chi connectivity index (χ1v) is 6.11. The largest absolute Gasteiger partial charge is 0.493 e. The number of nitrogens with two attached hydrogens (primary N) is 1. The fourth-order valence-corrected chi connectivity index (χ4v) is 1.95. The molecule has 0 aliphatic carbocycles. The molecule has 2 N–H and O–H groups in total. The van der Waals surface area contributed by atoms with Crippen molar-refractivity contribution in [3.8, 4) is 11.5 Å². The van der Waals surface area contributed by atoms with Crippen molar-refractivity contribution in [2.75, 3.05) is 41.5 Å². The molecule has 1 aromatic heterocycles. The minimum absolute atomic E-state index is 0.0217. The van der Waals surface area contributed by atoms with Crippen molar-refractivity contribution in [2.45, 2.75) is 12.6 Å². The average molecular weight is 269 g/mol. The number of hydrogen-bond donors (Lipinski definition) is 1. The van der Waals surface area contributed by atoms with Gasteiger partial charge in [0.1, 0.15) is 5.69 Å². The summed E-state index contributed by atoms with van der Waals surface area (Å²) in [6.07, 6.45) is 1.71. The number of pyridine rings is 1. The molecular weight excluding hydrogens is 246 g/mol. The van der Waals surface area contributed by atoms with Crippen molar-refractivity contribution in [2.24, 2.45) is 5.73 Å². The zero-order chi connectivity index (χ0) is 14.3. The summed E-state index contributed by atoms with van der Waals surface area (Å²) in [5, 5.41) is 0. The van der Waals surface area contributed by atoms with Gasteiger partial charge in [0, 0.05) is 38.5 Å². The van der Waals surface area contributed by atoms with Crippen LogP contribution < -0.4 is 15.2 Å². The maximum absolute atomic E-state index is 5.92. The molecule has 1 heterocycles. The molecule has 6 nitrogen and oxygen atoms in total. The molecule has 0 aliphatic rings. The summed E-state index contributed by atoms with van der Waals surface area (Å²) in [5.74, 6) is 1.35. The smallest absolute Gasteiger partial charge is 0.183 e. The van der Waals surface area contributed by atoms with Crippen LogP contribution >= 0.6 is 0 Å². The van der Waals surface area contributed by atoms with E-state index in [2.05, 4.69) is 9.88 Å². The van der Waals surface area contributed by atoms with E-state index in [0.717, 1.165) is 12.2 Å². The molecule has 0 saturated heterocycles. The quantitative estimate of drug-likeness (QED) is 0.741. The Morgan fingerprint density at radius 3 is 2.63 bits per heavy atom. The van der Waals surface area contributed by atoms with Gasteiger partial charge in [-0.1, -0.05) is 0 Å². The molecule has 0 saturated carbocycles. The van der Waals surface area contributed by atoms with Gasteiger partial charge in [0.05, 0.1) is 20.8 Å². The molecule has 6 heteroatoms. The monoisotopic (exact) mass is 269 g/mol. The lowest BCUT2D eigenvalue weighted by Crippen LogP contribution is -2.38. The zero-order valence-corrected chi connectivity index (χ0v) is 12.0. The van der Waals surface area contributed by atoms with Gasteiger partial charge in [0.25, 0.3) is 0 Å². The number of nitrogens with zero attached hydrogens (tertiary/aromatic N) is 2. The van der Waals surface area contributed by atoms with Crippen molar-refractivity contribution in [1.82, 2.24) is 9.88 Å². The van der Waals surface area contributed by atoms with E-state index in [9.17, 15) is 0 Å². The number of ether oxygens (including phenoxy) is 3. The highest BCUT2D eigenvalue weighted by Gasteiger charge is 2.14. The lowest BCUT2D eigenvalue weighted by molar-refractivity contribution is 0.159. The van der Waals surface area contributed by atoms with E-state index < -0.39 is 0 Å². The van der Waals surface area contributed by atoms with Crippen LogP contribution in [0, 0.1) is 0 Å². The molecule has 1 rings (SSSR count). The van der Waals surface area contributed by atoms with E-state index in [-0.39, 0.29) is 6.04 Å². The minimum atomic E-state index is -0.0217. The molecule has 0 amide bonds. The third kappa shape index (κ3) is 4.66. The topological polar surface area (TPSA) is 69.8 Å². The predicted molar refractivity (Wildman–Crippen MR) is 73.5 cm³/mol. The second kappa shape index (κ2) is 7.93. The van der Waals surface area contributed by atoms with E-state index in [0.29, 0.717) is 24.7 Å². The molecular formula is C13H23N3O3. The highest BCUT2D eigenvalue weighted by Crippen LogP contribution is 2.29. The van der Waals surface area contributed by atoms with Gasteiger partial charge < -0.3 is 19.9 Å². The Bertz CT molecular complexity index is 387. The van der Waals surface area contributed by atoms with Gasteiger partial charge in [-0.15, -0.1) is 0 Å². The molecule has 0 spiro atoms. The number of methoxy groups -OCH3 is 3. The van der Waals surface area contributed by atoms with Gasteiger partial charge in [0.15, 0.2) is 11.5 Å². The zero-order valence-electron chi connectivity index (χ0n) is 12.0. The summed E-state index contributed by atoms with van der Waals surface area (Å²) >= 11 is 0. The van der Waals surface area contributed by atoms with E-state index in [4.69, 9.17) is 19.9 Å². The Hall–Kier alpha value is -1.37. The Labute approximate surface area is 114 Å². The maximum Gasteiger partial charge on any atom is 0.183 e. The molecule has 0 aliphatic heterocycles. The third-order valence-corrected chi connectivity index (χ3v) is 2.71. The van der Waals surface area contributed by atoms with Gasteiger partial charge in [-0.25, -0.2) is 0 Å². The second-order valence-electron chi connectivity index (χ2n) is 4.41. The highest BCUT2D eigenvalue weighted by atomic mass is 16.5. The molecule has 0 aromatic carbocycles. The molecule has 1 unspecified atom stereocenters. The van der Waals surface area contributed by atoms with Crippen LogP contribution in [0.3, 0.4) is 0 Å². The van der Waals surface area contributed by atoms with Crippen LogP contribution in [0.4, 0.5) is 0 Å². The predicted octanol–water partition coefficient (Wildman–Crippen LogP) is 0.504. The van der Waals surface area contributed by atoms with Gasteiger partial charge in [0.2, 0.25) is 0 Å². The Morgan fingerprint density at radius 2 is 2.05 bits per heavy atom. The summed E-state index contributed by atoms with van der Waals surface area (Å²) in [4.78, 5) is 6.41. The van der Waals surface area contributed by atoms with Crippen LogP contribution in [0.2, 0.25) is 0 Å². The summed E-state index contributed by atoms with van der Waals surface area (Å²) in [6, 6.07) is 1.76. The van der Waals surface area contributed by atoms with Crippen molar-refractivity contribution in [3.63, 3.8) is 0 Å². The summed E-state index contributed by atoms with van der Waals surface area (Å²) in [7, 11) is 6.85. The van der Waals surface area contributed by atoms with Crippen LogP contribution in [0.1, 0.15) is 5.69 Å². The SMILES string of the molecule is COCC(N)CN(C)Cc1nccc(OC)c1OC. The summed E-state index contributed by atoms with van der Waals surface area (Å²) < 4.78 is 15.6. The summed E-state index contributed by atoms with van der Waals surface area (Å²) in [5.41, 5.74) is 6.75. The van der Waals surface area contributed by atoms with Gasteiger partial charge >= 0.3 is 0 Å². The molecule has 0 bridgehead atoms. The second-order valence-corrected chi connectivity index (χ2v) is 4.41. The Morgan fingerprint density at radius 1 is 1.32 bits per heavy atom. The van der Waals surface area contributed by atoms with Gasteiger partial charge in [-0.3, -0.25) is 9.88 Å². The van der Waals surface area contributed by atoms with E-state index in [1.54, 1.807) is 33.6 Å². The van der Waals surface area contributed by atoms with E-state index >= 15 is 0 Å². The fraction of sp³-hybridized carbons (Fsp3) is 0.615. The van der Waals surface area contributed by atoms with Gasteiger partial charge in [-0.2, -0.15) is 0 Å². The van der Waals surface area contributed by atoms with Crippen molar-refractivity contribution in [1.29, 1.82) is 0 Å². The first kappa shape index (κ1) is 15.7. The first-order valence-electron chi connectivity index (χ1n) is 6.11. The normalized spacial score (nSPS) is 12.5. The molecule has 19 heavy (non-hydrogen) atoms. The molecule has 1 aromatic rings. The molecule has 0 radical (unpaired) electrons. The highest BCUT2D eigenvalue weighted by molar-refractivity contribution is 5.42. The third-order valence-electron chi connectivity index (χ3n) is 2.71. The van der Waals surface area contributed by atoms with Crippen LogP contribution in [-0.2, 0) is 11.3 Å². The lowest BCUT2D eigenvalue weighted by Gasteiger charge is -2.21. The lowest BCUT2D eigenvalue weighted by atomic mass is 10.2.